The van der Waals surface area contributed by atoms with E-state index in [0.29, 0.717) is 5.92 Å². The summed E-state index contributed by atoms with van der Waals surface area (Å²) in [6.07, 6.45) is 0.736. The topological polar surface area (TPSA) is 43.4 Å². The molecule has 11 heavy (non-hydrogen) atoms. The van der Waals surface area contributed by atoms with Crippen LogP contribution >= 0.6 is 11.7 Å². The van der Waals surface area contributed by atoms with Gasteiger partial charge < -0.3 is 0 Å². The first-order chi connectivity index (χ1) is 4.42. The van der Waals surface area contributed by atoms with Crippen molar-refractivity contribution in [3.8, 4) is 0 Å². The molecule has 0 aliphatic rings. The summed E-state index contributed by atoms with van der Waals surface area (Å²) >= 11 is 3.21. The van der Waals surface area contributed by atoms with Gasteiger partial charge in [-0.15, -0.1) is 0 Å². The third-order valence-electron chi connectivity index (χ3n) is 0.927. The summed E-state index contributed by atoms with van der Waals surface area (Å²) in [6.45, 7) is 4.21. The third kappa shape index (κ3) is 14.7. The van der Waals surface area contributed by atoms with Crippen LogP contribution in [0, 0.1) is 5.92 Å². The van der Waals surface area contributed by atoms with Crippen LogP contribution in [0.15, 0.2) is 0 Å². The van der Waals surface area contributed by atoms with Gasteiger partial charge in [0.25, 0.3) is 0 Å². The van der Waals surface area contributed by atoms with Crippen molar-refractivity contribution < 1.29 is 12.6 Å². The monoisotopic (exact) mass is 324 g/mol. The molecule has 66 valence electrons. The van der Waals surface area contributed by atoms with Crippen molar-refractivity contribution in [2.75, 3.05) is 6.61 Å². The van der Waals surface area contributed by atoms with Gasteiger partial charge in [-0.3, -0.25) is 4.18 Å². The van der Waals surface area contributed by atoms with Crippen LogP contribution < -0.4 is 0 Å². The van der Waals surface area contributed by atoms with E-state index < -0.39 is 9.15 Å². The Morgan fingerprint density at radius 2 is 1.91 bits per heavy atom. The van der Waals surface area contributed by atoms with Crippen LogP contribution in [0.3, 0.4) is 0 Å². The zero-order valence-corrected chi connectivity index (χ0v) is 7.78. The average molecular weight is 324 g/mol. The molecule has 0 saturated carbocycles. The second-order valence-corrected chi connectivity index (χ2v) is 4.87. The van der Waals surface area contributed by atoms with Gasteiger partial charge >= 0.3 is 58.0 Å². The molecule has 0 spiro atoms. The third-order valence-corrected chi connectivity index (χ3v) is 1.71. The van der Waals surface area contributed by atoms with Gasteiger partial charge in [0.1, 0.15) is 0 Å². The van der Waals surface area contributed by atoms with E-state index in [0.717, 1.165) is 6.42 Å². The second-order valence-electron chi connectivity index (χ2n) is 2.43. The van der Waals surface area contributed by atoms with Gasteiger partial charge in [-0.2, -0.15) is 8.42 Å². The Bertz CT molecular complexity index is 176. The molecule has 0 N–H and O–H groups in total. The Kier molecular flexibility index (Phi) is 10.1. The van der Waals surface area contributed by atoms with E-state index in [-0.39, 0.29) is 55.5 Å². The molecule has 0 bridgehead atoms. The van der Waals surface area contributed by atoms with E-state index in [4.69, 9.17) is 0 Å². The van der Waals surface area contributed by atoms with Crippen molar-refractivity contribution in [2.45, 2.75) is 20.3 Å². The Morgan fingerprint density at radius 3 is 2.18 bits per heavy atom. The number of hydrogen-bond acceptors (Lipinski definition) is 3. The van der Waals surface area contributed by atoms with Gasteiger partial charge in [0, 0.05) is 0 Å². The first-order valence-electron chi connectivity index (χ1n) is 3.03. The van der Waals surface area contributed by atoms with Crippen LogP contribution in [0.25, 0.3) is 0 Å². The summed E-state index contributed by atoms with van der Waals surface area (Å²) in [5, 5.41) is 0. The molecule has 0 heterocycles. The Balaban J connectivity index is 0. The van der Waals surface area contributed by atoms with Crippen LogP contribution in [-0.2, 0) is 13.3 Å². The molecule has 0 fully saturated rings. The summed E-state index contributed by atoms with van der Waals surface area (Å²) < 4.78 is 24.9. The summed E-state index contributed by atoms with van der Waals surface area (Å²) in [4.78, 5) is 0. The molecule has 0 rings (SSSR count). The fourth-order valence-electron chi connectivity index (χ4n) is 0.389. The molecule has 0 aromatic carbocycles. The van der Waals surface area contributed by atoms with Crippen LogP contribution in [-0.4, -0.2) is 63.9 Å². The van der Waals surface area contributed by atoms with Crippen LogP contribution in [0.4, 0.5) is 0 Å². The van der Waals surface area contributed by atoms with Crippen LogP contribution in [0.2, 0.25) is 0 Å². The maximum absolute atomic E-state index is 10.3. The van der Waals surface area contributed by atoms with E-state index >= 15 is 0 Å². The molecule has 0 saturated heterocycles. The fraction of sp³-hybridized carbons (Fsp3) is 1.00. The van der Waals surface area contributed by atoms with Gasteiger partial charge in [-0.1, -0.05) is 13.8 Å². The van der Waals surface area contributed by atoms with Crippen molar-refractivity contribution in [1.29, 1.82) is 0 Å². The van der Waals surface area contributed by atoms with Crippen molar-refractivity contribution in [3.05, 3.63) is 0 Å². The van der Waals surface area contributed by atoms with Crippen LogP contribution in [0.1, 0.15) is 20.3 Å². The average Bonchev–Trinajstić information content (AvgIpc) is 1.59. The number of rotatable bonds is 4. The second kappa shape index (κ2) is 7.26. The SMILES string of the molecule is CC(C)CCOS(=O)(=O)S.[BaH2]. The minimum absolute atomic E-state index is 0. The molecule has 0 amide bonds. The Morgan fingerprint density at radius 1 is 1.45 bits per heavy atom. The first-order valence-corrected chi connectivity index (χ1v) is 5.49. The van der Waals surface area contributed by atoms with Gasteiger partial charge in [-0.05, 0) is 24.0 Å². The van der Waals surface area contributed by atoms with E-state index in [1.165, 1.54) is 0 Å². The maximum atomic E-state index is 10.3. The van der Waals surface area contributed by atoms with Gasteiger partial charge in [-0.25, -0.2) is 0 Å². The zero-order chi connectivity index (χ0) is 8.20. The molecule has 0 aromatic heterocycles. The molecular weight excluding hydrogens is 310 g/mol. The quantitative estimate of drug-likeness (QED) is 0.460. The normalized spacial score (nSPS) is 11.3. The standard InChI is InChI=1S/C5H12O3S2.Ba.2H/c1-5(2)3-4-8-10(6,7)9;;;/h5H,3-4H2,1-2H3,(H,6,7,9);;;. The summed E-state index contributed by atoms with van der Waals surface area (Å²) in [5.41, 5.74) is 0. The summed E-state index contributed by atoms with van der Waals surface area (Å²) in [7, 11) is -3.53. The molecule has 0 unspecified atom stereocenters. The predicted octanol–water partition coefficient (Wildman–Crippen LogP) is 0.307. The minimum atomic E-state index is -3.53. The van der Waals surface area contributed by atoms with E-state index in [1.54, 1.807) is 0 Å². The molecule has 0 aromatic rings. The van der Waals surface area contributed by atoms with Crippen molar-refractivity contribution in [1.82, 2.24) is 0 Å². The molecule has 0 aliphatic carbocycles. The molecule has 0 aliphatic heterocycles. The van der Waals surface area contributed by atoms with E-state index in [2.05, 4.69) is 15.8 Å². The molecule has 6 heteroatoms. The zero-order valence-electron chi connectivity index (χ0n) is 6.07. The van der Waals surface area contributed by atoms with Crippen molar-refractivity contribution >= 4 is 69.7 Å². The Hall–Kier alpha value is 1.83. The Labute approximate surface area is 113 Å². The van der Waals surface area contributed by atoms with Gasteiger partial charge in [0.05, 0.1) is 6.61 Å². The molecule has 0 atom stereocenters. The number of thiol groups is 1. The predicted molar refractivity (Wildman–Crippen MR) is 51.9 cm³/mol. The fourth-order valence-corrected chi connectivity index (χ4v) is 0.920. The molecule has 0 radical (unpaired) electrons. The van der Waals surface area contributed by atoms with E-state index in [1.807, 2.05) is 13.8 Å². The first kappa shape index (κ1) is 15.3. The van der Waals surface area contributed by atoms with Crippen LogP contribution in [0.5, 0.6) is 0 Å². The summed E-state index contributed by atoms with van der Waals surface area (Å²) in [5.74, 6) is 0.454. The summed E-state index contributed by atoms with van der Waals surface area (Å²) in [6, 6.07) is 0. The van der Waals surface area contributed by atoms with Gasteiger partial charge in [0.2, 0.25) is 0 Å². The molecule has 3 nitrogen and oxygen atoms in total. The van der Waals surface area contributed by atoms with E-state index in [9.17, 15) is 8.42 Å². The molecular formula is C5H14BaO3S2. The van der Waals surface area contributed by atoms with Crippen molar-refractivity contribution in [2.24, 2.45) is 5.92 Å². The van der Waals surface area contributed by atoms with Gasteiger partial charge in [0.15, 0.2) is 0 Å². The number of hydrogen-bond donors (Lipinski definition) is 1. The van der Waals surface area contributed by atoms with Crippen molar-refractivity contribution in [3.63, 3.8) is 0 Å².